The van der Waals surface area contributed by atoms with Crippen LogP contribution in [0.1, 0.15) is 88.3 Å². The fraction of sp³-hybridized carbons (Fsp3) is 0.500. The predicted molar refractivity (Wildman–Crippen MR) is 174 cm³/mol. The molecule has 8 nitrogen and oxygen atoms in total. The van der Waals surface area contributed by atoms with Crippen molar-refractivity contribution >= 4 is 22.6 Å². The second-order valence-corrected chi connectivity index (χ2v) is 10.9. The molecule has 0 saturated carbocycles. The monoisotopic (exact) mass is 571 g/mol. The summed E-state index contributed by atoms with van der Waals surface area (Å²) in [5, 5.41) is 12.0. The quantitative estimate of drug-likeness (QED) is 0.207. The highest BCUT2D eigenvalue weighted by atomic mass is 16.1. The second kappa shape index (κ2) is 15.7. The number of carbonyl (C=O) groups excluding carboxylic acids is 1. The number of likely N-dealkylation sites (tertiary alicyclic amines) is 1. The zero-order valence-electron chi connectivity index (χ0n) is 26.1. The van der Waals surface area contributed by atoms with Gasteiger partial charge in [0.25, 0.3) is 5.91 Å². The Morgan fingerprint density at radius 1 is 1.00 bits per heavy atom. The summed E-state index contributed by atoms with van der Waals surface area (Å²) in [6, 6.07) is 12.2. The van der Waals surface area contributed by atoms with Crippen LogP contribution in [0.25, 0.3) is 22.0 Å². The van der Waals surface area contributed by atoms with Gasteiger partial charge in [-0.1, -0.05) is 39.8 Å². The van der Waals surface area contributed by atoms with E-state index in [0.29, 0.717) is 17.4 Å². The van der Waals surface area contributed by atoms with Crippen molar-refractivity contribution in [2.75, 3.05) is 32.0 Å². The minimum Gasteiger partial charge on any atom is -0.357 e. The zero-order valence-corrected chi connectivity index (χ0v) is 26.1. The highest BCUT2D eigenvalue weighted by molar-refractivity contribution is 6.04. The van der Waals surface area contributed by atoms with Gasteiger partial charge < -0.3 is 15.6 Å². The SMILES string of the molecule is CC.CC.CN1CCCC1c1cc2cnc(NC(=O)c3ccc(-c4cnn(CCCC5CCNCC5)c4)cc3)cc2[nH]1. The van der Waals surface area contributed by atoms with Gasteiger partial charge >= 0.3 is 0 Å². The summed E-state index contributed by atoms with van der Waals surface area (Å²) in [5.74, 6) is 1.23. The molecule has 4 aromatic rings. The highest BCUT2D eigenvalue weighted by Crippen LogP contribution is 2.32. The van der Waals surface area contributed by atoms with Gasteiger partial charge in [0.05, 0.1) is 11.7 Å². The van der Waals surface area contributed by atoms with Crippen LogP contribution in [-0.4, -0.2) is 57.2 Å². The molecule has 3 N–H and O–H groups in total. The average Bonchev–Trinajstić information content (AvgIpc) is 3.79. The van der Waals surface area contributed by atoms with Crippen LogP contribution in [0.5, 0.6) is 0 Å². The van der Waals surface area contributed by atoms with Crippen molar-refractivity contribution in [1.82, 2.24) is 30.0 Å². The summed E-state index contributed by atoms with van der Waals surface area (Å²) in [6.45, 7) is 12.4. The summed E-state index contributed by atoms with van der Waals surface area (Å²) in [7, 11) is 2.17. The second-order valence-electron chi connectivity index (χ2n) is 10.9. The van der Waals surface area contributed by atoms with Crippen LogP contribution in [0.2, 0.25) is 0 Å². The Bertz CT molecular complexity index is 1380. The Hall–Kier alpha value is -3.49. The van der Waals surface area contributed by atoms with Crippen molar-refractivity contribution < 1.29 is 4.79 Å². The molecular weight excluding hydrogens is 522 g/mol. The standard InChI is InChI=1S/C30H37N7O.2C2H6/c1-36-14-3-5-28(36)27-16-24-18-32-29(17-26(24)34-27)35-30(38)23-8-6-22(7-9-23)25-19-33-37(20-25)15-2-4-21-10-12-31-13-11-21;2*1-2/h6-9,16-21,28,31,34H,2-5,10-15H2,1H3,(H,32,35,38);2*1-2H3. The number of carbonyl (C=O) groups is 1. The molecule has 1 aromatic carbocycles. The van der Waals surface area contributed by atoms with Crippen LogP contribution in [0.15, 0.2) is 55.0 Å². The zero-order chi connectivity index (χ0) is 29.9. The molecule has 2 aliphatic heterocycles. The lowest BCUT2D eigenvalue weighted by Crippen LogP contribution is -2.27. The number of rotatable bonds is 8. The summed E-state index contributed by atoms with van der Waals surface area (Å²) < 4.78 is 2.04. The average molecular weight is 572 g/mol. The molecule has 1 atom stereocenters. The number of fused-ring (bicyclic) bond motifs is 1. The van der Waals surface area contributed by atoms with Crippen molar-refractivity contribution in [1.29, 1.82) is 0 Å². The van der Waals surface area contributed by atoms with E-state index in [2.05, 4.69) is 49.9 Å². The van der Waals surface area contributed by atoms with Crippen LogP contribution in [0.4, 0.5) is 5.82 Å². The first-order valence-corrected chi connectivity index (χ1v) is 16.0. The summed E-state index contributed by atoms with van der Waals surface area (Å²) in [4.78, 5) is 23.3. The molecule has 8 heteroatoms. The molecule has 0 bridgehead atoms. The van der Waals surface area contributed by atoms with Crippen LogP contribution >= 0.6 is 0 Å². The van der Waals surface area contributed by atoms with E-state index >= 15 is 0 Å². The number of hydrogen-bond acceptors (Lipinski definition) is 5. The molecule has 5 heterocycles. The number of aryl methyl sites for hydroxylation is 1. The summed E-state index contributed by atoms with van der Waals surface area (Å²) >= 11 is 0. The van der Waals surface area contributed by atoms with Gasteiger partial charge in [-0.15, -0.1) is 0 Å². The number of anilines is 1. The number of H-pyrrole nitrogens is 1. The van der Waals surface area contributed by atoms with Gasteiger partial charge in [-0.25, -0.2) is 4.98 Å². The largest absolute Gasteiger partial charge is 0.357 e. The first kappa shape index (κ1) is 31.4. The van der Waals surface area contributed by atoms with E-state index in [4.69, 9.17) is 0 Å². The number of amides is 1. The van der Waals surface area contributed by atoms with Crippen molar-refractivity contribution in [3.05, 3.63) is 66.2 Å². The predicted octanol–water partition coefficient (Wildman–Crippen LogP) is 7.28. The molecular formula is C34H49N7O. The lowest BCUT2D eigenvalue weighted by molar-refractivity contribution is 0.102. The van der Waals surface area contributed by atoms with Crippen molar-refractivity contribution in [3.8, 4) is 11.1 Å². The van der Waals surface area contributed by atoms with Crippen LogP contribution < -0.4 is 10.6 Å². The number of benzene rings is 1. The highest BCUT2D eigenvalue weighted by Gasteiger charge is 2.24. The van der Waals surface area contributed by atoms with Gasteiger partial charge in [0, 0.05) is 53.3 Å². The third kappa shape index (κ3) is 7.86. The Kier molecular flexibility index (Phi) is 11.7. The van der Waals surface area contributed by atoms with E-state index in [1.807, 2.05) is 75.1 Å². The maximum atomic E-state index is 12.9. The van der Waals surface area contributed by atoms with E-state index in [9.17, 15) is 4.79 Å². The molecule has 2 saturated heterocycles. The van der Waals surface area contributed by atoms with E-state index in [1.165, 1.54) is 31.4 Å². The molecule has 1 amide bonds. The van der Waals surface area contributed by atoms with Gasteiger partial charge in [0.15, 0.2) is 0 Å². The van der Waals surface area contributed by atoms with E-state index in [0.717, 1.165) is 67.0 Å². The molecule has 0 spiro atoms. The first-order chi connectivity index (χ1) is 20.6. The molecule has 0 radical (unpaired) electrons. The number of aromatic nitrogens is 4. The van der Waals surface area contributed by atoms with Gasteiger partial charge in [0.1, 0.15) is 5.82 Å². The summed E-state index contributed by atoms with van der Waals surface area (Å²) in [5.41, 5.74) is 4.94. The van der Waals surface area contributed by atoms with E-state index in [-0.39, 0.29) is 5.91 Å². The van der Waals surface area contributed by atoms with Crippen LogP contribution in [0, 0.1) is 5.92 Å². The molecule has 226 valence electrons. The van der Waals surface area contributed by atoms with Crippen LogP contribution in [0.3, 0.4) is 0 Å². The maximum Gasteiger partial charge on any atom is 0.256 e. The van der Waals surface area contributed by atoms with Crippen LogP contribution in [-0.2, 0) is 6.54 Å². The third-order valence-electron chi connectivity index (χ3n) is 8.22. The molecule has 1 unspecified atom stereocenters. The number of pyridine rings is 1. The number of aromatic amines is 1. The number of hydrogen-bond donors (Lipinski definition) is 3. The van der Waals surface area contributed by atoms with Crippen molar-refractivity contribution in [3.63, 3.8) is 0 Å². The smallest absolute Gasteiger partial charge is 0.256 e. The fourth-order valence-electron chi connectivity index (χ4n) is 5.95. The Morgan fingerprint density at radius 3 is 2.48 bits per heavy atom. The van der Waals surface area contributed by atoms with Crippen molar-refractivity contribution in [2.24, 2.45) is 5.92 Å². The lowest BCUT2D eigenvalue weighted by Gasteiger charge is -2.22. The number of piperidine rings is 1. The Morgan fingerprint density at radius 2 is 1.76 bits per heavy atom. The topological polar surface area (TPSA) is 90.9 Å². The third-order valence-corrected chi connectivity index (χ3v) is 8.22. The number of nitrogens with zero attached hydrogens (tertiary/aromatic N) is 4. The van der Waals surface area contributed by atoms with Gasteiger partial charge in [-0.2, -0.15) is 5.10 Å². The number of nitrogens with one attached hydrogen (secondary N) is 3. The molecule has 6 rings (SSSR count). The normalized spacial score (nSPS) is 17.3. The van der Waals surface area contributed by atoms with E-state index < -0.39 is 0 Å². The molecule has 3 aromatic heterocycles. The van der Waals surface area contributed by atoms with Gasteiger partial charge in [-0.3, -0.25) is 14.4 Å². The molecule has 42 heavy (non-hydrogen) atoms. The maximum absolute atomic E-state index is 12.9. The van der Waals surface area contributed by atoms with Gasteiger partial charge in [-0.05, 0) is 94.9 Å². The lowest BCUT2D eigenvalue weighted by atomic mass is 9.93. The molecule has 2 aliphatic rings. The molecule has 2 fully saturated rings. The minimum absolute atomic E-state index is 0.167. The Balaban J connectivity index is 0.000000972. The van der Waals surface area contributed by atoms with Crippen molar-refractivity contribution in [2.45, 2.75) is 78.8 Å². The summed E-state index contributed by atoms with van der Waals surface area (Å²) in [6.07, 6.45) is 13.2. The van der Waals surface area contributed by atoms with Gasteiger partial charge in [0.2, 0.25) is 0 Å². The molecule has 0 aliphatic carbocycles. The fourth-order valence-corrected chi connectivity index (χ4v) is 5.95. The Labute approximate surface area is 251 Å². The van der Waals surface area contributed by atoms with E-state index in [1.54, 1.807) is 0 Å². The minimum atomic E-state index is -0.167. The first-order valence-electron chi connectivity index (χ1n) is 16.0.